The van der Waals surface area contributed by atoms with Crippen LogP contribution < -0.4 is 5.32 Å². The van der Waals surface area contributed by atoms with Crippen molar-refractivity contribution in [2.75, 3.05) is 0 Å². The van der Waals surface area contributed by atoms with E-state index in [1.165, 1.54) is 6.92 Å². The van der Waals surface area contributed by atoms with Crippen molar-refractivity contribution in [1.29, 1.82) is 0 Å². The maximum atomic E-state index is 11.0. The highest BCUT2D eigenvalue weighted by Crippen LogP contribution is 2.16. The van der Waals surface area contributed by atoms with Crippen molar-refractivity contribution in [2.24, 2.45) is 0 Å². The van der Waals surface area contributed by atoms with E-state index in [1.54, 1.807) is 24.3 Å². The molecule has 1 aromatic rings. The van der Waals surface area contributed by atoms with Crippen molar-refractivity contribution in [3.05, 3.63) is 53.6 Å². The Labute approximate surface area is 94.3 Å². The summed E-state index contributed by atoms with van der Waals surface area (Å²) in [5.74, 6) is -0.122. The number of amides is 1. The smallest absolute Gasteiger partial charge is 0.221 e. The Morgan fingerprint density at radius 2 is 2.27 bits per heavy atom. The molecule has 0 atom stereocenters. The SMILES string of the molecule is C=CC=C(NC(C)=O)c1cccc(Cl)c1. The van der Waals surface area contributed by atoms with Crippen LogP contribution in [0, 0.1) is 0 Å². The van der Waals surface area contributed by atoms with Crippen molar-refractivity contribution in [3.8, 4) is 0 Å². The number of hydrogen-bond acceptors (Lipinski definition) is 1. The number of benzene rings is 1. The average Bonchev–Trinajstić information content (AvgIpc) is 2.16. The molecule has 0 aliphatic heterocycles. The standard InChI is InChI=1S/C12H12ClNO/c1-3-5-12(14-9(2)15)10-6-4-7-11(13)8-10/h3-8H,1H2,2H3,(H,14,15). The lowest BCUT2D eigenvalue weighted by Crippen LogP contribution is -2.17. The van der Waals surface area contributed by atoms with E-state index in [4.69, 9.17) is 11.6 Å². The van der Waals surface area contributed by atoms with Crippen molar-refractivity contribution < 1.29 is 4.79 Å². The second-order valence-corrected chi connectivity index (χ2v) is 3.44. The summed E-state index contributed by atoms with van der Waals surface area (Å²) >= 11 is 5.86. The second kappa shape index (κ2) is 5.37. The minimum absolute atomic E-state index is 0.122. The fourth-order valence-electron chi connectivity index (χ4n) is 1.17. The van der Waals surface area contributed by atoms with Gasteiger partial charge in [0.25, 0.3) is 0 Å². The van der Waals surface area contributed by atoms with Gasteiger partial charge >= 0.3 is 0 Å². The van der Waals surface area contributed by atoms with Crippen LogP contribution in [0.4, 0.5) is 0 Å². The van der Waals surface area contributed by atoms with Crippen LogP contribution in [-0.4, -0.2) is 5.91 Å². The molecule has 0 aromatic heterocycles. The molecule has 1 aromatic carbocycles. The number of carbonyl (C=O) groups is 1. The van der Waals surface area contributed by atoms with Gasteiger partial charge in [-0.1, -0.05) is 36.4 Å². The summed E-state index contributed by atoms with van der Waals surface area (Å²) in [6.07, 6.45) is 3.35. The molecular formula is C12H12ClNO. The van der Waals surface area contributed by atoms with Crippen LogP contribution in [0.15, 0.2) is 43.0 Å². The van der Waals surface area contributed by atoms with Gasteiger partial charge in [-0.2, -0.15) is 0 Å². The van der Waals surface area contributed by atoms with Gasteiger partial charge in [0.1, 0.15) is 0 Å². The Bertz CT molecular complexity index is 410. The molecule has 1 rings (SSSR count). The first kappa shape index (κ1) is 11.5. The van der Waals surface area contributed by atoms with Gasteiger partial charge in [0.2, 0.25) is 5.91 Å². The van der Waals surface area contributed by atoms with Gasteiger partial charge in [-0.15, -0.1) is 0 Å². The van der Waals surface area contributed by atoms with Crippen LogP contribution >= 0.6 is 11.6 Å². The zero-order valence-electron chi connectivity index (χ0n) is 8.46. The molecule has 1 amide bonds. The number of carbonyl (C=O) groups excluding carboxylic acids is 1. The predicted octanol–water partition coefficient (Wildman–Crippen LogP) is 3.00. The highest BCUT2D eigenvalue weighted by atomic mass is 35.5. The van der Waals surface area contributed by atoms with Crippen LogP contribution in [0.3, 0.4) is 0 Å². The topological polar surface area (TPSA) is 29.1 Å². The second-order valence-electron chi connectivity index (χ2n) is 3.01. The van der Waals surface area contributed by atoms with Gasteiger partial charge < -0.3 is 5.32 Å². The fraction of sp³-hybridized carbons (Fsp3) is 0.0833. The quantitative estimate of drug-likeness (QED) is 0.782. The van der Waals surface area contributed by atoms with Crippen molar-refractivity contribution in [2.45, 2.75) is 6.92 Å². The van der Waals surface area contributed by atoms with Gasteiger partial charge in [0.15, 0.2) is 0 Å². The van der Waals surface area contributed by atoms with Crippen LogP contribution in [0.25, 0.3) is 5.70 Å². The monoisotopic (exact) mass is 221 g/mol. The Morgan fingerprint density at radius 3 is 2.80 bits per heavy atom. The molecule has 0 aliphatic rings. The molecule has 2 nitrogen and oxygen atoms in total. The molecule has 15 heavy (non-hydrogen) atoms. The van der Waals surface area contributed by atoms with Crippen molar-refractivity contribution in [1.82, 2.24) is 5.32 Å². The van der Waals surface area contributed by atoms with Gasteiger partial charge in [-0.05, 0) is 23.8 Å². The molecule has 0 radical (unpaired) electrons. The van der Waals surface area contributed by atoms with Gasteiger partial charge in [-0.3, -0.25) is 4.79 Å². The molecule has 78 valence electrons. The van der Waals surface area contributed by atoms with E-state index in [0.29, 0.717) is 10.7 Å². The lowest BCUT2D eigenvalue weighted by atomic mass is 10.1. The zero-order valence-corrected chi connectivity index (χ0v) is 9.21. The number of halogens is 1. The summed E-state index contributed by atoms with van der Waals surface area (Å²) in [5, 5.41) is 3.35. The summed E-state index contributed by atoms with van der Waals surface area (Å²) < 4.78 is 0. The minimum atomic E-state index is -0.122. The van der Waals surface area contributed by atoms with Crippen LogP contribution in [0.5, 0.6) is 0 Å². The largest absolute Gasteiger partial charge is 0.326 e. The fourth-order valence-corrected chi connectivity index (χ4v) is 1.36. The number of nitrogens with one attached hydrogen (secondary N) is 1. The van der Waals surface area contributed by atoms with Gasteiger partial charge in [0.05, 0.1) is 0 Å². The Morgan fingerprint density at radius 1 is 1.53 bits per heavy atom. The highest BCUT2D eigenvalue weighted by molar-refractivity contribution is 6.30. The van der Waals surface area contributed by atoms with Crippen molar-refractivity contribution in [3.63, 3.8) is 0 Å². The maximum absolute atomic E-state index is 11.0. The third-order valence-corrected chi connectivity index (χ3v) is 1.97. The number of hydrogen-bond donors (Lipinski definition) is 1. The van der Waals surface area contributed by atoms with Gasteiger partial charge in [-0.25, -0.2) is 0 Å². The molecule has 0 spiro atoms. The molecular weight excluding hydrogens is 210 g/mol. The Hall–Kier alpha value is -1.54. The molecule has 0 aliphatic carbocycles. The molecule has 0 fully saturated rings. The lowest BCUT2D eigenvalue weighted by Gasteiger charge is -2.07. The summed E-state index contributed by atoms with van der Waals surface area (Å²) in [7, 11) is 0. The zero-order chi connectivity index (χ0) is 11.3. The maximum Gasteiger partial charge on any atom is 0.221 e. The lowest BCUT2D eigenvalue weighted by molar-refractivity contribution is -0.117. The predicted molar refractivity (Wildman–Crippen MR) is 63.4 cm³/mol. The first-order chi connectivity index (χ1) is 7.13. The minimum Gasteiger partial charge on any atom is -0.326 e. The van der Waals surface area contributed by atoms with E-state index in [0.717, 1.165) is 5.56 Å². The normalized spacial score (nSPS) is 10.9. The number of rotatable bonds is 3. The average molecular weight is 222 g/mol. The van der Waals surface area contributed by atoms with E-state index >= 15 is 0 Å². The summed E-state index contributed by atoms with van der Waals surface area (Å²) in [6, 6.07) is 7.27. The Kier molecular flexibility index (Phi) is 4.13. The Balaban J connectivity index is 3.04. The third-order valence-electron chi connectivity index (χ3n) is 1.73. The molecule has 0 unspecified atom stereocenters. The highest BCUT2D eigenvalue weighted by Gasteiger charge is 2.02. The van der Waals surface area contributed by atoms with Crippen LogP contribution in [0.2, 0.25) is 5.02 Å². The van der Waals surface area contributed by atoms with E-state index in [1.807, 2.05) is 12.1 Å². The number of allylic oxidation sites excluding steroid dienone is 2. The van der Waals surface area contributed by atoms with Crippen molar-refractivity contribution >= 4 is 23.2 Å². The summed E-state index contributed by atoms with van der Waals surface area (Å²) in [6.45, 7) is 5.05. The molecule has 0 heterocycles. The summed E-state index contributed by atoms with van der Waals surface area (Å²) in [5.41, 5.74) is 1.55. The third kappa shape index (κ3) is 3.60. The molecule has 0 bridgehead atoms. The molecule has 0 saturated heterocycles. The van der Waals surface area contributed by atoms with Crippen LogP contribution in [-0.2, 0) is 4.79 Å². The van der Waals surface area contributed by atoms with E-state index in [9.17, 15) is 4.79 Å². The molecule has 3 heteroatoms. The van der Waals surface area contributed by atoms with E-state index in [-0.39, 0.29) is 5.91 Å². The van der Waals surface area contributed by atoms with Crippen LogP contribution in [0.1, 0.15) is 12.5 Å². The first-order valence-electron chi connectivity index (χ1n) is 4.49. The van der Waals surface area contributed by atoms with E-state index in [2.05, 4.69) is 11.9 Å². The molecule has 0 saturated carbocycles. The first-order valence-corrected chi connectivity index (χ1v) is 4.87. The molecule has 1 N–H and O–H groups in total. The van der Waals surface area contributed by atoms with Gasteiger partial charge in [0, 0.05) is 17.6 Å². The van der Waals surface area contributed by atoms with E-state index < -0.39 is 0 Å². The summed E-state index contributed by atoms with van der Waals surface area (Å²) in [4.78, 5) is 11.0.